The maximum Gasteiger partial charge on any atom is 0.253 e. The van der Waals surface area contributed by atoms with Gasteiger partial charge in [0, 0.05) is 25.3 Å². The van der Waals surface area contributed by atoms with Gasteiger partial charge in [0.2, 0.25) is 0 Å². The van der Waals surface area contributed by atoms with Crippen LogP contribution in [0, 0.1) is 0 Å². The SMILES string of the molecule is CCCOc1ccc(C(=O)N2CCC(OCCCN)CC2)cc1OCC. The molecule has 2 rings (SSSR count). The van der Waals surface area contributed by atoms with E-state index < -0.39 is 0 Å². The molecule has 0 atom stereocenters. The average Bonchev–Trinajstić information content (AvgIpc) is 2.67. The van der Waals surface area contributed by atoms with E-state index in [0.29, 0.717) is 56.5 Å². The first-order valence-corrected chi connectivity index (χ1v) is 9.70. The minimum Gasteiger partial charge on any atom is -0.490 e. The van der Waals surface area contributed by atoms with Gasteiger partial charge in [-0.25, -0.2) is 0 Å². The van der Waals surface area contributed by atoms with Gasteiger partial charge in [-0.3, -0.25) is 4.79 Å². The summed E-state index contributed by atoms with van der Waals surface area (Å²) in [5.41, 5.74) is 6.13. The van der Waals surface area contributed by atoms with Gasteiger partial charge in [0.1, 0.15) is 0 Å². The van der Waals surface area contributed by atoms with E-state index in [4.69, 9.17) is 19.9 Å². The number of nitrogens with two attached hydrogens (primary N) is 1. The first-order valence-electron chi connectivity index (χ1n) is 9.70. The molecule has 0 spiro atoms. The van der Waals surface area contributed by atoms with Crippen LogP contribution in [0.4, 0.5) is 0 Å². The maximum absolute atomic E-state index is 12.8. The van der Waals surface area contributed by atoms with E-state index in [1.165, 1.54) is 0 Å². The zero-order chi connectivity index (χ0) is 18.8. The van der Waals surface area contributed by atoms with Crippen LogP contribution < -0.4 is 15.2 Å². The fourth-order valence-corrected chi connectivity index (χ4v) is 2.98. The number of hydrogen-bond acceptors (Lipinski definition) is 5. The smallest absolute Gasteiger partial charge is 0.253 e. The Morgan fingerprint density at radius 2 is 1.92 bits per heavy atom. The molecular formula is C20H32N2O4. The quantitative estimate of drug-likeness (QED) is 0.646. The molecule has 1 fully saturated rings. The average molecular weight is 364 g/mol. The first-order chi connectivity index (χ1) is 12.7. The molecule has 6 heteroatoms. The lowest BCUT2D eigenvalue weighted by Gasteiger charge is -2.32. The molecule has 0 bridgehead atoms. The lowest BCUT2D eigenvalue weighted by Crippen LogP contribution is -2.41. The molecule has 0 radical (unpaired) electrons. The van der Waals surface area contributed by atoms with Gasteiger partial charge in [0.25, 0.3) is 5.91 Å². The highest BCUT2D eigenvalue weighted by Gasteiger charge is 2.24. The summed E-state index contributed by atoms with van der Waals surface area (Å²) >= 11 is 0. The number of ether oxygens (including phenoxy) is 3. The zero-order valence-electron chi connectivity index (χ0n) is 16.0. The van der Waals surface area contributed by atoms with Crippen molar-refractivity contribution >= 4 is 5.91 Å². The Balaban J connectivity index is 1.95. The Bertz CT molecular complexity index is 557. The van der Waals surface area contributed by atoms with Crippen molar-refractivity contribution in [3.63, 3.8) is 0 Å². The minimum atomic E-state index is 0.0356. The minimum absolute atomic E-state index is 0.0356. The lowest BCUT2D eigenvalue weighted by molar-refractivity contribution is 0.00843. The Labute approximate surface area is 156 Å². The van der Waals surface area contributed by atoms with E-state index in [0.717, 1.165) is 25.7 Å². The van der Waals surface area contributed by atoms with Gasteiger partial charge >= 0.3 is 0 Å². The Morgan fingerprint density at radius 1 is 1.15 bits per heavy atom. The predicted molar refractivity (Wildman–Crippen MR) is 102 cm³/mol. The van der Waals surface area contributed by atoms with Crippen molar-refractivity contribution in [2.45, 2.75) is 45.6 Å². The molecule has 0 saturated carbocycles. The molecule has 6 nitrogen and oxygen atoms in total. The molecule has 0 aliphatic carbocycles. The second-order valence-corrected chi connectivity index (χ2v) is 6.45. The van der Waals surface area contributed by atoms with Gasteiger partial charge in [-0.05, 0) is 57.4 Å². The summed E-state index contributed by atoms with van der Waals surface area (Å²) in [5, 5.41) is 0. The van der Waals surface area contributed by atoms with Crippen LogP contribution in [-0.2, 0) is 4.74 Å². The summed E-state index contributed by atoms with van der Waals surface area (Å²) in [6, 6.07) is 5.44. The lowest BCUT2D eigenvalue weighted by atomic mass is 10.1. The molecule has 2 N–H and O–H groups in total. The van der Waals surface area contributed by atoms with Crippen molar-refractivity contribution in [1.29, 1.82) is 0 Å². The van der Waals surface area contributed by atoms with E-state index in [-0.39, 0.29) is 12.0 Å². The number of hydrogen-bond donors (Lipinski definition) is 1. The molecule has 26 heavy (non-hydrogen) atoms. The van der Waals surface area contributed by atoms with Crippen LogP contribution in [0.3, 0.4) is 0 Å². The summed E-state index contributed by atoms with van der Waals surface area (Å²) in [6.45, 7) is 7.92. The highest BCUT2D eigenvalue weighted by molar-refractivity contribution is 5.95. The normalized spacial score (nSPS) is 15.1. The van der Waals surface area contributed by atoms with E-state index in [1.807, 2.05) is 24.0 Å². The number of rotatable bonds is 10. The molecule has 146 valence electrons. The van der Waals surface area contributed by atoms with Crippen LogP contribution in [-0.4, -0.2) is 56.4 Å². The Morgan fingerprint density at radius 3 is 2.58 bits per heavy atom. The van der Waals surface area contributed by atoms with Crippen LogP contribution in [0.1, 0.15) is 49.9 Å². The summed E-state index contributed by atoms with van der Waals surface area (Å²) < 4.78 is 17.2. The Hall–Kier alpha value is -1.79. The van der Waals surface area contributed by atoms with Crippen molar-refractivity contribution in [2.24, 2.45) is 5.73 Å². The third-order valence-electron chi connectivity index (χ3n) is 4.38. The summed E-state index contributed by atoms with van der Waals surface area (Å²) in [5.74, 6) is 1.36. The van der Waals surface area contributed by atoms with Crippen LogP contribution in [0.2, 0.25) is 0 Å². The van der Waals surface area contributed by atoms with Gasteiger partial charge in [0.15, 0.2) is 11.5 Å². The monoisotopic (exact) mass is 364 g/mol. The molecule has 1 saturated heterocycles. The maximum atomic E-state index is 12.8. The summed E-state index contributed by atoms with van der Waals surface area (Å²) in [4.78, 5) is 14.7. The number of amides is 1. The van der Waals surface area contributed by atoms with Gasteiger partial charge in [-0.1, -0.05) is 6.92 Å². The van der Waals surface area contributed by atoms with Crippen LogP contribution >= 0.6 is 0 Å². The number of carbonyl (C=O) groups is 1. The molecule has 0 unspecified atom stereocenters. The predicted octanol–water partition coefficient (Wildman–Crippen LogP) is 2.84. The van der Waals surface area contributed by atoms with Crippen molar-refractivity contribution in [2.75, 3.05) is 39.5 Å². The summed E-state index contributed by atoms with van der Waals surface area (Å²) in [7, 11) is 0. The van der Waals surface area contributed by atoms with Crippen molar-refractivity contribution < 1.29 is 19.0 Å². The number of likely N-dealkylation sites (tertiary alicyclic amines) is 1. The second kappa shape index (κ2) is 11.0. The van der Waals surface area contributed by atoms with Gasteiger partial charge in [-0.15, -0.1) is 0 Å². The first kappa shape index (κ1) is 20.5. The fraction of sp³-hybridized carbons (Fsp3) is 0.650. The number of nitrogens with zero attached hydrogens (tertiary/aromatic N) is 1. The molecule has 0 aromatic heterocycles. The largest absolute Gasteiger partial charge is 0.490 e. The highest BCUT2D eigenvalue weighted by Crippen LogP contribution is 2.29. The van der Waals surface area contributed by atoms with E-state index in [2.05, 4.69) is 6.92 Å². The van der Waals surface area contributed by atoms with Crippen molar-refractivity contribution in [1.82, 2.24) is 4.90 Å². The van der Waals surface area contributed by atoms with Crippen LogP contribution in [0.15, 0.2) is 18.2 Å². The third kappa shape index (κ3) is 5.88. The van der Waals surface area contributed by atoms with Crippen molar-refractivity contribution in [3.8, 4) is 11.5 Å². The number of benzene rings is 1. The van der Waals surface area contributed by atoms with Crippen molar-refractivity contribution in [3.05, 3.63) is 23.8 Å². The van der Waals surface area contributed by atoms with E-state index in [9.17, 15) is 4.79 Å². The topological polar surface area (TPSA) is 74.0 Å². The van der Waals surface area contributed by atoms with Gasteiger partial charge in [0.05, 0.1) is 19.3 Å². The highest BCUT2D eigenvalue weighted by atomic mass is 16.5. The van der Waals surface area contributed by atoms with Gasteiger partial charge < -0.3 is 24.8 Å². The fourth-order valence-electron chi connectivity index (χ4n) is 2.98. The molecular weight excluding hydrogens is 332 g/mol. The molecule has 1 aliphatic heterocycles. The van der Waals surface area contributed by atoms with E-state index in [1.54, 1.807) is 6.07 Å². The molecule has 1 aromatic carbocycles. The summed E-state index contributed by atoms with van der Waals surface area (Å²) in [6.07, 6.45) is 3.77. The van der Waals surface area contributed by atoms with E-state index >= 15 is 0 Å². The molecule has 1 amide bonds. The molecule has 1 aliphatic rings. The van der Waals surface area contributed by atoms with Gasteiger partial charge in [-0.2, -0.15) is 0 Å². The standard InChI is InChI=1S/C20H32N2O4/c1-3-13-26-18-7-6-16(15-19(18)24-4-2)20(23)22-11-8-17(9-12-22)25-14-5-10-21/h6-7,15,17H,3-5,8-14,21H2,1-2H3. The Kier molecular flexibility index (Phi) is 8.71. The van der Waals surface area contributed by atoms with Crippen LogP contribution in [0.25, 0.3) is 0 Å². The number of piperidine rings is 1. The molecule has 1 aromatic rings. The second-order valence-electron chi connectivity index (χ2n) is 6.45. The molecule has 1 heterocycles. The third-order valence-corrected chi connectivity index (χ3v) is 4.38. The van der Waals surface area contributed by atoms with Crippen LogP contribution in [0.5, 0.6) is 11.5 Å². The zero-order valence-corrected chi connectivity index (χ0v) is 16.0. The number of carbonyl (C=O) groups excluding carboxylic acids is 1.